The number of nitrogens with two attached hydrogens (primary N) is 1. The maximum atomic E-state index is 5.69. The molecule has 0 radical (unpaired) electrons. The number of anilines is 1. The second-order valence-corrected chi connectivity index (χ2v) is 5.11. The normalized spacial score (nSPS) is 10.6. The zero-order valence-electron chi connectivity index (χ0n) is 11.1. The third-order valence-electron chi connectivity index (χ3n) is 2.69. The number of imidazole rings is 1. The third kappa shape index (κ3) is 3.00. The first kappa shape index (κ1) is 13.5. The van der Waals surface area contributed by atoms with E-state index in [0.29, 0.717) is 11.7 Å². The average Bonchev–Trinajstić information content (AvgIpc) is 2.96. The van der Waals surface area contributed by atoms with Gasteiger partial charge in [0, 0.05) is 16.9 Å². The Morgan fingerprint density at radius 3 is 2.81 bits per heavy atom. The van der Waals surface area contributed by atoms with Gasteiger partial charge in [-0.15, -0.1) is 0 Å². The molecule has 21 heavy (non-hydrogen) atoms. The van der Waals surface area contributed by atoms with E-state index in [9.17, 15) is 0 Å². The van der Waals surface area contributed by atoms with Crippen molar-refractivity contribution < 1.29 is 4.74 Å². The van der Waals surface area contributed by atoms with Crippen molar-refractivity contribution in [3.8, 4) is 17.7 Å². The molecule has 2 N–H and O–H groups in total. The van der Waals surface area contributed by atoms with Crippen LogP contribution in [0.3, 0.4) is 0 Å². The van der Waals surface area contributed by atoms with E-state index in [0.717, 1.165) is 10.0 Å². The zero-order chi connectivity index (χ0) is 14.8. The molecular formula is C13H11BrN6O. The maximum absolute atomic E-state index is 5.69. The molecule has 0 aliphatic carbocycles. The minimum Gasteiger partial charge on any atom is -0.424 e. The van der Waals surface area contributed by atoms with E-state index in [4.69, 9.17) is 10.5 Å². The second-order valence-electron chi connectivity index (χ2n) is 4.26. The molecule has 2 aromatic heterocycles. The van der Waals surface area contributed by atoms with Crippen LogP contribution < -0.4 is 10.5 Å². The number of benzene rings is 1. The maximum Gasteiger partial charge on any atom is 0.328 e. The van der Waals surface area contributed by atoms with Gasteiger partial charge < -0.3 is 10.5 Å². The molecule has 0 aliphatic heterocycles. The Bertz CT molecular complexity index is 774. The zero-order valence-corrected chi connectivity index (χ0v) is 12.6. The van der Waals surface area contributed by atoms with E-state index in [-0.39, 0.29) is 12.0 Å². The van der Waals surface area contributed by atoms with Gasteiger partial charge in [0.25, 0.3) is 0 Å². The number of nitrogen functional groups attached to an aromatic ring is 1. The van der Waals surface area contributed by atoms with Gasteiger partial charge in [-0.05, 0) is 30.7 Å². The molecule has 0 bridgehead atoms. The fourth-order valence-corrected chi connectivity index (χ4v) is 1.93. The predicted octanol–water partition coefficient (Wildman–Crippen LogP) is 2.50. The molecule has 106 valence electrons. The van der Waals surface area contributed by atoms with E-state index in [1.165, 1.54) is 0 Å². The summed E-state index contributed by atoms with van der Waals surface area (Å²) in [6.45, 7) is 1.97. The molecule has 0 fully saturated rings. The van der Waals surface area contributed by atoms with Crippen LogP contribution >= 0.6 is 15.9 Å². The summed E-state index contributed by atoms with van der Waals surface area (Å²) in [5.41, 5.74) is 6.74. The highest BCUT2D eigenvalue weighted by Crippen LogP contribution is 2.24. The summed E-state index contributed by atoms with van der Waals surface area (Å²) in [7, 11) is 0. The van der Waals surface area contributed by atoms with Crippen LogP contribution in [-0.2, 0) is 0 Å². The molecule has 8 heteroatoms. The minimum absolute atomic E-state index is 0.0810. The van der Waals surface area contributed by atoms with Crippen molar-refractivity contribution in [1.82, 2.24) is 24.5 Å². The lowest BCUT2D eigenvalue weighted by molar-refractivity contribution is 0.439. The first-order chi connectivity index (χ1) is 10.1. The molecule has 3 rings (SSSR count). The van der Waals surface area contributed by atoms with Crippen molar-refractivity contribution in [2.45, 2.75) is 6.92 Å². The smallest absolute Gasteiger partial charge is 0.328 e. The summed E-state index contributed by atoms with van der Waals surface area (Å²) in [6, 6.07) is 5.72. The highest BCUT2D eigenvalue weighted by molar-refractivity contribution is 9.10. The largest absolute Gasteiger partial charge is 0.424 e. The number of nitrogens with zero attached hydrogens (tertiary/aromatic N) is 5. The Morgan fingerprint density at radius 1 is 1.24 bits per heavy atom. The van der Waals surface area contributed by atoms with Crippen LogP contribution in [0.2, 0.25) is 0 Å². The second kappa shape index (κ2) is 5.49. The minimum atomic E-state index is 0.0810. The summed E-state index contributed by atoms with van der Waals surface area (Å²) in [5, 5.41) is 0. The van der Waals surface area contributed by atoms with Gasteiger partial charge in [-0.3, -0.25) is 4.57 Å². The van der Waals surface area contributed by atoms with Crippen molar-refractivity contribution in [2.24, 2.45) is 0 Å². The van der Waals surface area contributed by atoms with Crippen LogP contribution in [0.1, 0.15) is 5.56 Å². The van der Waals surface area contributed by atoms with Crippen LogP contribution in [0, 0.1) is 6.92 Å². The number of hydrogen-bond acceptors (Lipinski definition) is 6. The van der Waals surface area contributed by atoms with Crippen LogP contribution in [0.4, 0.5) is 5.95 Å². The lowest BCUT2D eigenvalue weighted by Crippen LogP contribution is -2.06. The summed E-state index contributed by atoms with van der Waals surface area (Å²) < 4.78 is 8.26. The number of ether oxygens (including phenoxy) is 1. The molecule has 7 nitrogen and oxygen atoms in total. The number of aromatic nitrogens is 5. The number of aryl methyl sites for hydroxylation is 1. The fourth-order valence-electron chi connectivity index (χ4n) is 1.69. The molecule has 0 unspecified atom stereocenters. The van der Waals surface area contributed by atoms with Gasteiger partial charge in [-0.1, -0.05) is 15.9 Å². The molecule has 0 saturated carbocycles. The van der Waals surface area contributed by atoms with Crippen LogP contribution in [-0.4, -0.2) is 24.5 Å². The highest BCUT2D eigenvalue weighted by Gasteiger charge is 2.08. The van der Waals surface area contributed by atoms with Crippen molar-refractivity contribution in [1.29, 1.82) is 0 Å². The highest BCUT2D eigenvalue weighted by atomic mass is 79.9. The van der Waals surface area contributed by atoms with Crippen molar-refractivity contribution >= 4 is 21.9 Å². The van der Waals surface area contributed by atoms with Gasteiger partial charge in [-0.2, -0.15) is 15.0 Å². The Morgan fingerprint density at radius 2 is 2.10 bits per heavy atom. The molecule has 0 aliphatic rings. The predicted molar refractivity (Wildman–Crippen MR) is 80.3 cm³/mol. The summed E-state index contributed by atoms with van der Waals surface area (Å²) in [4.78, 5) is 16.2. The van der Waals surface area contributed by atoms with Gasteiger partial charge in [0.1, 0.15) is 12.1 Å². The third-order valence-corrected chi connectivity index (χ3v) is 3.58. The molecule has 0 amide bonds. The Hall–Kier alpha value is -2.48. The van der Waals surface area contributed by atoms with Gasteiger partial charge in [-0.25, -0.2) is 4.98 Å². The molecule has 3 aromatic rings. The number of hydrogen-bond donors (Lipinski definition) is 1. The number of halogens is 1. The molecule has 2 heterocycles. The van der Waals surface area contributed by atoms with E-state index in [1.807, 2.05) is 25.1 Å². The van der Waals surface area contributed by atoms with E-state index >= 15 is 0 Å². The summed E-state index contributed by atoms with van der Waals surface area (Å²) in [5.74, 6) is 1.05. The number of rotatable bonds is 3. The molecular weight excluding hydrogens is 336 g/mol. The fraction of sp³-hybridized carbons (Fsp3) is 0.0769. The summed E-state index contributed by atoms with van der Waals surface area (Å²) in [6.07, 6.45) is 4.91. The van der Waals surface area contributed by atoms with Gasteiger partial charge in [0.05, 0.1) is 0 Å². The van der Waals surface area contributed by atoms with E-state index in [1.54, 1.807) is 23.3 Å². The van der Waals surface area contributed by atoms with Crippen LogP contribution in [0.25, 0.3) is 5.95 Å². The van der Waals surface area contributed by atoms with Crippen LogP contribution in [0.15, 0.2) is 41.4 Å². The van der Waals surface area contributed by atoms with Crippen LogP contribution in [0.5, 0.6) is 11.8 Å². The standard InChI is InChI=1S/C13H11BrN6O/c1-8-6-9(2-3-10(8)14)21-13-18-11(15)17-12(19-13)20-5-4-16-7-20/h2-7H,1H3,(H2,15,17,18,19). The first-order valence-corrected chi connectivity index (χ1v) is 6.85. The molecule has 0 spiro atoms. The van der Waals surface area contributed by atoms with Gasteiger partial charge >= 0.3 is 6.01 Å². The average molecular weight is 347 g/mol. The lowest BCUT2D eigenvalue weighted by Gasteiger charge is -2.07. The molecule has 1 aromatic carbocycles. The van der Waals surface area contributed by atoms with Crippen molar-refractivity contribution in [2.75, 3.05) is 5.73 Å². The molecule has 0 saturated heterocycles. The SMILES string of the molecule is Cc1cc(Oc2nc(N)nc(-n3ccnc3)n2)ccc1Br. The Kier molecular flexibility index (Phi) is 3.53. The van der Waals surface area contributed by atoms with E-state index in [2.05, 4.69) is 35.9 Å². The topological polar surface area (TPSA) is 91.7 Å². The van der Waals surface area contributed by atoms with E-state index < -0.39 is 0 Å². The Labute approximate surface area is 129 Å². The van der Waals surface area contributed by atoms with Crippen molar-refractivity contribution in [3.63, 3.8) is 0 Å². The molecule has 0 atom stereocenters. The Balaban J connectivity index is 1.93. The van der Waals surface area contributed by atoms with Gasteiger partial charge in [0.15, 0.2) is 0 Å². The van der Waals surface area contributed by atoms with Crippen molar-refractivity contribution in [3.05, 3.63) is 47.0 Å². The quantitative estimate of drug-likeness (QED) is 0.783. The first-order valence-electron chi connectivity index (χ1n) is 6.06. The lowest BCUT2D eigenvalue weighted by atomic mass is 10.2. The monoisotopic (exact) mass is 346 g/mol. The van der Waals surface area contributed by atoms with Gasteiger partial charge in [0.2, 0.25) is 11.9 Å². The summed E-state index contributed by atoms with van der Waals surface area (Å²) >= 11 is 3.44.